The molecule has 2 aromatic carbocycles. The maximum absolute atomic E-state index is 13.3. The summed E-state index contributed by atoms with van der Waals surface area (Å²) in [6.45, 7) is 5.10. The lowest BCUT2D eigenvalue weighted by Gasteiger charge is -2.37. The lowest BCUT2D eigenvalue weighted by Crippen LogP contribution is -2.46. The summed E-state index contributed by atoms with van der Waals surface area (Å²) in [6, 6.07) is 19.8. The number of ether oxygens (including phenoxy) is 1. The van der Waals surface area contributed by atoms with Crippen LogP contribution in [0.3, 0.4) is 0 Å². The number of carbonyl (C=O) groups is 1. The maximum Gasteiger partial charge on any atom is 0.254 e. The van der Waals surface area contributed by atoms with Crippen LogP contribution in [0.15, 0.2) is 60.7 Å². The van der Waals surface area contributed by atoms with Crippen molar-refractivity contribution in [3.63, 3.8) is 0 Å². The van der Waals surface area contributed by atoms with E-state index in [4.69, 9.17) is 4.74 Å². The summed E-state index contributed by atoms with van der Waals surface area (Å²) in [6.07, 6.45) is -0.106. The van der Waals surface area contributed by atoms with Gasteiger partial charge in [0.2, 0.25) is 0 Å². The summed E-state index contributed by atoms with van der Waals surface area (Å²) in [5, 5.41) is 0.901. The number of carbonyl (C=O) groups excluding carboxylic acids is 1. The van der Waals surface area contributed by atoms with Crippen molar-refractivity contribution in [3.8, 4) is 0 Å². The Kier molecular flexibility index (Phi) is 4.43. The zero-order valence-electron chi connectivity index (χ0n) is 15.1. The molecule has 4 heteroatoms. The summed E-state index contributed by atoms with van der Waals surface area (Å²) < 4.78 is 6.09. The predicted molar refractivity (Wildman–Crippen MR) is 102 cm³/mol. The monoisotopic (exact) mass is 346 g/mol. The highest BCUT2D eigenvalue weighted by Crippen LogP contribution is 2.27. The van der Waals surface area contributed by atoms with Crippen molar-refractivity contribution in [2.75, 3.05) is 13.1 Å². The first-order chi connectivity index (χ1) is 12.6. The molecule has 2 atom stereocenters. The third-order valence-corrected chi connectivity index (χ3v) is 4.79. The third-order valence-electron chi connectivity index (χ3n) is 4.79. The summed E-state index contributed by atoms with van der Waals surface area (Å²) in [7, 11) is 0. The van der Waals surface area contributed by atoms with Crippen molar-refractivity contribution in [1.29, 1.82) is 0 Å². The van der Waals surface area contributed by atoms with Crippen LogP contribution < -0.4 is 0 Å². The predicted octanol–water partition coefficient (Wildman–Crippen LogP) is 4.15. The van der Waals surface area contributed by atoms with Crippen LogP contribution in [0, 0.1) is 6.92 Å². The van der Waals surface area contributed by atoms with Crippen LogP contribution in [0.2, 0.25) is 0 Å². The normalized spacial score (nSPS) is 20.3. The Morgan fingerprint density at radius 2 is 1.81 bits per heavy atom. The molecule has 0 aliphatic carbocycles. The molecular weight excluding hydrogens is 324 g/mol. The lowest BCUT2D eigenvalue weighted by molar-refractivity contribution is -0.0691. The van der Waals surface area contributed by atoms with E-state index >= 15 is 0 Å². The Balaban J connectivity index is 1.68. The fourth-order valence-corrected chi connectivity index (χ4v) is 3.62. The number of hydrogen-bond donors (Lipinski definition) is 0. The van der Waals surface area contributed by atoms with Crippen LogP contribution in [0.5, 0.6) is 0 Å². The first-order valence-electron chi connectivity index (χ1n) is 8.98. The molecule has 4 nitrogen and oxygen atoms in total. The summed E-state index contributed by atoms with van der Waals surface area (Å²) in [4.78, 5) is 19.8. The lowest BCUT2D eigenvalue weighted by atomic mass is 10.0. The molecule has 132 valence electrons. The highest BCUT2D eigenvalue weighted by Gasteiger charge is 2.30. The molecule has 1 amide bonds. The molecule has 0 unspecified atom stereocenters. The molecule has 3 aromatic rings. The van der Waals surface area contributed by atoms with E-state index in [9.17, 15) is 4.79 Å². The number of pyridine rings is 1. The van der Waals surface area contributed by atoms with Crippen molar-refractivity contribution in [2.45, 2.75) is 26.1 Å². The molecule has 2 heterocycles. The second-order valence-corrected chi connectivity index (χ2v) is 6.88. The van der Waals surface area contributed by atoms with Crippen LogP contribution >= 0.6 is 0 Å². The molecule has 0 radical (unpaired) electrons. The minimum Gasteiger partial charge on any atom is -0.367 e. The van der Waals surface area contributed by atoms with E-state index in [2.05, 4.69) is 17.1 Å². The van der Waals surface area contributed by atoms with Gasteiger partial charge in [-0.25, -0.2) is 0 Å². The molecule has 1 aliphatic rings. The SMILES string of the molecule is Cc1cc(C(=O)N2C[C@@H](C)O[C@@H](c3ccccc3)C2)c2ccccc2n1. The number of hydrogen-bond acceptors (Lipinski definition) is 3. The average Bonchev–Trinajstić information content (AvgIpc) is 2.67. The Morgan fingerprint density at radius 1 is 1.08 bits per heavy atom. The van der Waals surface area contributed by atoms with Gasteiger partial charge in [-0.2, -0.15) is 0 Å². The van der Waals surface area contributed by atoms with E-state index in [0.717, 1.165) is 22.2 Å². The molecule has 1 aromatic heterocycles. The van der Waals surface area contributed by atoms with Gasteiger partial charge < -0.3 is 9.64 Å². The number of benzene rings is 2. The van der Waals surface area contributed by atoms with Gasteiger partial charge in [0, 0.05) is 17.6 Å². The van der Waals surface area contributed by atoms with Crippen LogP contribution in [0.1, 0.15) is 34.6 Å². The van der Waals surface area contributed by atoms with Crippen molar-refractivity contribution >= 4 is 16.8 Å². The van der Waals surface area contributed by atoms with Gasteiger partial charge in [0.15, 0.2) is 0 Å². The number of rotatable bonds is 2. The van der Waals surface area contributed by atoms with E-state index in [1.807, 2.05) is 67.3 Å². The molecule has 0 N–H and O–H groups in total. The van der Waals surface area contributed by atoms with Gasteiger partial charge in [0.1, 0.15) is 6.10 Å². The van der Waals surface area contributed by atoms with Gasteiger partial charge in [-0.05, 0) is 31.5 Å². The maximum atomic E-state index is 13.3. The molecule has 26 heavy (non-hydrogen) atoms. The minimum absolute atomic E-state index is 0.00731. The van der Waals surface area contributed by atoms with Gasteiger partial charge in [0.05, 0.1) is 23.7 Å². The van der Waals surface area contributed by atoms with E-state index < -0.39 is 0 Å². The van der Waals surface area contributed by atoms with Crippen LogP contribution in [-0.4, -0.2) is 35.0 Å². The highest BCUT2D eigenvalue weighted by molar-refractivity contribution is 6.06. The van der Waals surface area contributed by atoms with Gasteiger partial charge in [-0.3, -0.25) is 9.78 Å². The van der Waals surface area contributed by atoms with Crippen molar-refractivity contribution in [1.82, 2.24) is 9.88 Å². The van der Waals surface area contributed by atoms with Crippen molar-refractivity contribution in [3.05, 3.63) is 77.5 Å². The van der Waals surface area contributed by atoms with Crippen molar-refractivity contribution in [2.24, 2.45) is 0 Å². The molecule has 4 rings (SSSR count). The molecular formula is C22H22N2O2. The summed E-state index contributed by atoms with van der Waals surface area (Å²) >= 11 is 0. The second-order valence-electron chi connectivity index (χ2n) is 6.88. The van der Waals surface area contributed by atoms with Gasteiger partial charge in [0.25, 0.3) is 5.91 Å². The number of aromatic nitrogens is 1. The largest absolute Gasteiger partial charge is 0.367 e. The topological polar surface area (TPSA) is 42.4 Å². The first kappa shape index (κ1) is 16.7. The van der Waals surface area contributed by atoms with Gasteiger partial charge in [-0.1, -0.05) is 48.5 Å². The number of morpholine rings is 1. The van der Waals surface area contributed by atoms with E-state index in [-0.39, 0.29) is 18.1 Å². The quantitative estimate of drug-likeness (QED) is 0.700. The Labute approximate surface area is 153 Å². The molecule has 0 spiro atoms. The molecule has 1 fully saturated rings. The number of amides is 1. The number of aryl methyl sites for hydroxylation is 1. The highest BCUT2D eigenvalue weighted by atomic mass is 16.5. The second kappa shape index (κ2) is 6.89. The zero-order valence-corrected chi connectivity index (χ0v) is 15.1. The van der Waals surface area contributed by atoms with Gasteiger partial charge in [-0.15, -0.1) is 0 Å². The van der Waals surface area contributed by atoms with E-state index in [1.165, 1.54) is 0 Å². The minimum atomic E-state index is -0.0990. The zero-order chi connectivity index (χ0) is 18.1. The smallest absolute Gasteiger partial charge is 0.254 e. The molecule has 1 saturated heterocycles. The average molecular weight is 346 g/mol. The van der Waals surface area contributed by atoms with E-state index in [1.54, 1.807) is 0 Å². The fraction of sp³-hybridized carbons (Fsp3) is 0.273. The van der Waals surface area contributed by atoms with Crippen LogP contribution in [-0.2, 0) is 4.74 Å². The van der Waals surface area contributed by atoms with Crippen LogP contribution in [0.25, 0.3) is 10.9 Å². The first-order valence-corrected chi connectivity index (χ1v) is 8.98. The molecule has 1 aliphatic heterocycles. The number of fused-ring (bicyclic) bond motifs is 1. The van der Waals surface area contributed by atoms with E-state index in [0.29, 0.717) is 18.7 Å². The standard InChI is InChI=1S/C22H22N2O2/c1-15-12-19(18-10-6-7-11-20(18)23-15)22(25)24-13-16(2)26-21(14-24)17-8-4-3-5-9-17/h3-12,16,21H,13-14H2,1-2H3/t16-,21-/m1/s1. The fourth-order valence-electron chi connectivity index (χ4n) is 3.62. The Morgan fingerprint density at radius 3 is 2.62 bits per heavy atom. The third kappa shape index (κ3) is 3.20. The number of para-hydroxylation sites is 1. The summed E-state index contributed by atoms with van der Waals surface area (Å²) in [5.74, 6) is 0.0442. The number of nitrogens with zero attached hydrogens (tertiary/aromatic N) is 2. The molecule has 0 saturated carbocycles. The Bertz CT molecular complexity index is 939. The molecule has 0 bridgehead atoms. The van der Waals surface area contributed by atoms with Crippen LogP contribution in [0.4, 0.5) is 0 Å². The summed E-state index contributed by atoms with van der Waals surface area (Å²) in [5.41, 5.74) is 3.53. The Hall–Kier alpha value is -2.72. The van der Waals surface area contributed by atoms with Gasteiger partial charge >= 0.3 is 0 Å². The van der Waals surface area contributed by atoms with Crippen molar-refractivity contribution < 1.29 is 9.53 Å².